The first-order chi connectivity index (χ1) is 12.0. The van der Waals surface area contributed by atoms with Gasteiger partial charge in [0.15, 0.2) is 17.8 Å². The zero-order valence-electron chi connectivity index (χ0n) is 13.7. The minimum Gasteiger partial charge on any atom is -0.351 e. The van der Waals surface area contributed by atoms with Crippen LogP contribution in [0, 0.1) is 11.6 Å². The summed E-state index contributed by atoms with van der Waals surface area (Å²) < 4.78 is 24.7. The van der Waals surface area contributed by atoms with Gasteiger partial charge in [0.1, 0.15) is 0 Å². The van der Waals surface area contributed by atoms with Crippen molar-refractivity contribution in [2.75, 3.05) is 19.0 Å². The van der Waals surface area contributed by atoms with Crippen LogP contribution < -0.4 is 4.90 Å². The van der Waals surface area contributed by atoms with Crippen LogP contribution in [0.3, 0.4) is 0 Å². The molecule has 140 valence electrons. The number of nitrogens with zero attached hydrogens (tertiary/aromatic N) is 2. The second-order valence-corrected chi connectivity index (χ2v) is 8.35. The number of carbonyl (C=O) groups excluding carboxylic acids is 1. The van der Waals surface area contributed by atoms with E-state index in [0.29, 0.717) is 10.7 Å². The first-order valence-electron chi connectivity index (χ1n) is 7.29. The smallest absolute Gasteiger partial charge is 0.255 e. The van der Waals surface area contributed by atoms with Gasteiger partial charge < -0.3 is 9.80 Å². The number of alkyl halides is 3. The predicted molar refractivity (Wildman–Crippen MR) is 102 cm³/mol. The molecule has 0 saturated carbocycles. The third kappa shape index (κ3) is 4.71. The minimum absolute atomic E-state index is 0.0739. The van der Waals surface area contributed by atoms with Gasteiger partial charge in [0.2, 0.25) is 3.79 Å². The molecule has 2 aromatic carbocycles. The summed E-state index contributed by atoms with van der Waals surface area (Å²) in [7, 11) is 3.04. The number of hydrogen-bond donors (Lipinski definition) is 0. The maximum absolute atomic E-state index is 13.5. The number of amides is 1. The van der Waals surface area contributed by atoms with Crippen LogP contribution in [0.2, 0.25) is 5.02 Å². The van der Waals surface area contributed by atoms with Gasteiger partial charge in [-0.15, -0.1) is 0 Å². The van der Waals surface area contributed by atoms with Crippen molar-refractivity contribution in [3.8, 4) is 0 Å². The van der Waals surface area contributed by atoms with Crippen LogP contribution >= 0.6 is 46.4 Å². The van der Waals surface area contributed by atoms with E-state index in [2.05, 4.69) is 0 Å². The summed E-state index contributed by atoms with van der Waals surface area (Å²) in [6, 6.07) is 9.52. The molecule has 26 heavy (non-hydrogen) atoms. The van der Waals surface area contributed by atoms with Crippen molar-refractivity contribution in [3.05, 3.63) is 64.7 Å². The molecule has 0 heterocycles. The number of benzene rings is 2. The fraction of sp³-hybridized carbons (Fsp3) is 0.235. The standard InChI is InChI=1S/C17H14Cl4F2N2O/c1-24(12-6-4-11(18)5-7-12)16(17(19,20)21)25(2)15(26)10-3-8-13(22)14(23)9-10/h3-9,16H,1-2H3. The quantitative estimate of drug-likeness (QED) is 0.460. The SMILES string of the molecule is CN(C(=O)c1ccc(F)c(F)c1)C(N(C)c1ccc(Cl)cc1)C(Cl)(Cl)Cl. The van der Waals surface area contributed by atoms with Crippen molar-refractivity contribution in [3.63, 3.8) is 0 Å². The topological polar surface area (TPSA) is 23.6 Å². The zero-order valence-corrected chi connectivity index (χ0v) is 16.7. The Morgan fingerprint density at radius 3 is 2.08 bits per heavy atom. The van der Waals surface area contributed by atoms with Gasteiger partial charge in [-0.25, -0.2) is 8.78 Å². The van der Waals surface area contributed by atoms with Gasteiger partial charge in [-0.05, 0) is 42.5 Å². The highest BCUT2D eigenvalue weighted by Crippen LogP contribution is 2.37. The third-order valence-corrected chi connectivity index (χ3v) is 4.58. The van der Waals surface area contributed by atoms with E-state index in [0.717, 1.165) is 23.1 Å². The molecule has 0 aromatic heterocycles. The monoisotopic (exact) mass is 440 g/mol. The Labute approximate surface area is 170 Å². The predicted octanol–water partition coefficient (Wildman–Crippen LogP) is 5.52. The average Bonchev–Trinajstić information content (AvgIpc) is 2.56. The van der Waals surface area contributed by atoms with Gasteiger partial charge in [0, 0.05) is 30.4 Å². The first kappa shape index (κ1) is 21.0. The Bertz CT molecular complexity index is 796. The molecule has 2 rings (SSSR count). The number of hydrogen-bond acceptors (Lipinski definition) is 2. The maximum atomic E-state index is 13.5. The van der Waals surface area contributed by atoms with Gasteiger partial charge in [0.25, 0.3) is 5.91 Å². The molecule has 1 unspecified atom stereocenters. The number of halogens is 6. The fourth-order valence-corrected chi connectivity index (χ4v) is 3.46. The fourth-order valence-electron chi connectivity index (χ4n) is 2.46. The summed E-state index contributed by atoms with van der Waals surface area (Å²) in [4.78, 5) is 15.4. The van der Waals surface area contributed by atoms with Crippen molar-refractivity contribution in [1.29, 1.82) is 0 Å². The highest BCUT2D eigenvalue weighted by Gasteiger charge is 2.41. The summed E-state index contributed by atoms with van der Waals surface area (Å²) in [6.07, 6.45) is -1.03. The lowest BCUT2D eigenvalue weighted by molar-refractivity contribution is 0.0732. The molecule has 0 aliphatic carbocycles. The minimum atomic E-state index is -1.89. The third-order valence-electron chi connectivity index (χ3n) is 3.75. The molecule has 0 aliphatic rings. The van der Waals surface area contributed by atoms with Crippen LogP contribution in [0.25, 0.3) is 0 Å². The molecule has 0 aliphatic heterocycles. The van der Waals surface area contributed by atoms with Gasteiger partial charge >= 0.3 is 0 Å². The van der Waals surface area contributed by atoms with Crippen molar-refractivity contribution < 1.29 is 13.6 Å². The highest BCUT2D eigenvalue weighted by atomic mass is 35.6. The van der Waals surface area contributed by atoms with E-state index in [4.69, 9.17) is 46.4 Å². The lowest BCUT2D eigenvalue weighted by atomic mass is 10.2. The van der Waals surface area contributed by atoms with Crippen molar-refractivity contribution >= 4 is 58.0 Å². The second-order valence-electron chi connectivity index (χ2n) is 5.55. The summed E-state index contributed by atoms with van der Waals surface area (Å²) in [6.45, 7) is 0. The van der Waals surface area contributed by atoms with Crippen molar-refractivity contribution in [2.45, 2.75) is 9.96 Å². The molecular weight excluding hydrogens is 428 g/mol. The molecule has 0 spiro atoms. The van der Waals surface area contributed by atoms with Crippen LogP contribution in [-0.2, 0) is 0 Å². The number of anilines is 1. The highest BCUT2D eigenvalue weighted by molar-refractivity contribution is 6.68. The Hall–Kier alpha value is -1.27. The molecule has 0 N–H and O–H groups in total. The average molecular weight is 442 g/mol. The van der Waals surface area contributed by atoms with Gasteiger partial charge in [-0.1, -0.05) is 46.4 Å². The molecule has 0 fully saturated rings. The second kappa shape index (κ2) is 8.17. The molecule has 0 radical (unpaired) electrons. The summed E-state index contributed by atoms with van der Waals surface area (Å²) in [5.41, 5.74) is 0.561. The Balaban J connectivity index is 2.37. The van der Waals surface area contributed by atoms with Crippen LogP contribution in [0.1, 0.15) is 10.4 Å². The van der Waals surface area contributed by atoms with E-state index in [1.54, 1.807) is 36.2 Å². The Morgan fingerprint density at radius 1 is 1.00 bits per heavy atom. The van der Waals surface area contributed by atoms with E-state index >= 15 is 0 Å². The molecule has 2 aromatic rings. The van der Waals surface area contributed by atoms with Crippen molar-refractivity contribution in [2.24, 2.45) is 0 Å². The van der Waals surface area contributed by atoms with Gasteiger partial charge in [-0.3, -0.25) is 4.79 Å². The Kier molecular flexibility index (Phi) is 6.61. The lowest BCUT2D eigenvalue weighted by Gasteiger charge is -2.40. The maximum Gasteiger partial charge on any atom is 0.255 e. The van der Waals surface area contributed by atoms with Crippen LogP contribution in [-0.4, -0.2) is 34.9 Å². The molecule has 0 bridgehead atoms. The van der Waals surface area contributed by atoms with Gasteiger partial charge in [-0.2, -0.15) is 0 Å². The Morgan fingerprint density at radius 2 is 1.58 bits per heavy atom. The lowest BCUT2D eigenvalue weighted by Crippen LogP contribution is -2.55. The van der Waals surface area contributed by atoms with E-state index < -0.39 is 27.5 Å². The van der Waals surface area contributed by atoms with Crippen LogP contribution in [0.4, 0.5) is 14.5 Å². The van der Waals surface area contributed by atoms with E-state index in [9.17, 15) is 13.6 Å². The van der Waals surface area contributed by atoms with E-state index in [1.165, 1.54) is 7.05 Å². The molecular formula is C17H14Cl4F2N2O. The summed E-state index contributed by atoms with van der Waals surface area (Å²) in [5, 5.41) is 0.527. The largest absolute Gasteiger partial charge is 0.351 e. The molecule has 1 amide bonds. The summed E-state index contributed by atoms with van der Waals surface area (Å²) >= 11 is 24.2. The molecule has 9 heteroatoms. The number of rotatable bonds is 4. The van der Waals surface area contributed by atoms with E-state index in [1.807, 2.05) is 0 Å². The van der Waals surface area contributed by atoms with Gasteiger partial charge in [0.05, 0.1) is 0 Å². The molecule has 1 atom stereocenters. The normalized spacial score (nSPS) is 12.6. The zero-order chi connectivity index (χ0) is 19.6. The molecule has 3 nitrogen and oxygen atoms in total. The van der Waals surface area contributed by atoms with E-state index in [-0.39, 0.29) is 5.56 Å². The first-order valence-corrected chi connectivity index (χ1v) is 8.81. The number of carbonyl (C=O) groups is 1. The summed E-state index contributed by atoms with van der Waals surface area (Å²) in [5.74, 6) is -2.83. The molecule has 0 saturated heterocycles. The van der Waals surface area contributed by atoms with Crippen LogP contribution in [0.15, 0.2) is 42.5 Å². The van der Waals surface area contributed by atoms with Crippen molar-refractivity contribution in [1.82, 2.24) is 4.90 Å². The van der Waals surface area contributed by atoms with Crippen LogP contribution in [0.5, 0.6) is 0 Å².